The molecule has 1 heterocycles. The van der Waals surface area contributed by atoms with Gasteiger partial charge in [0, 0.05) is 30.1 Å². The Bertz CT molecular complexity index is 543. The number of carbonyl (C=O) groups excluding carboxylic acids is 1. The number of hydrogen-bond acceptors (Lipinski definition) is 3. The lowest BCUT2D eigenvalue weighted by Gasteiger charge is -2.31. The van der Waals surface area contributed by atoms with Crippen LogP contribution in [0.1, 0.15) is 49.6 Å². The molecule has 0 saturated heterocycles. The maximum Gasteiger partial charge on any atom is 0.315 e. The van der Waals surface area contributed by atoms with Crippen LogP contribution in [0.25, 0.3) is 0 Å². The van der Waals surface area contributed by atoms with E-state index in [2.05, 4.69) is 35.8 Å². The Balaban J connectivity index is 1.87. The number of hydrogen-bond donors (Lipinski definition) is 2. The highest BCUT2D eigenvalue weighted by atomic mass is 32.2. The average molecular weight is 339 g/mol. The van der Waals surface area contributed by atoms with Crippen molar-refractivity contribution >= 4 is 17.8 Å². The summed E-state index contributed by atoms with van der Waals surface area (Å²) in [6, 6.07) is 0.350. The van der Waals surface area contributed by atoms with Gasteiger partial charge >= 0.3 is 6.03 Å². The van der Waals surface area contributed by atoms with E-state index in [4.69, 9.17) is 0 Å². The fourth-order valence-corrected chi connectivity index (χ4v) is 4.38. The first-order valence-corrected chi connectivity index (χ1v) is 9.80. The molecule has 130 valence electrons. The molecule has 1 aliphatic rings. The highest BCUT2D eigenvalue weighted by Gasteiger charge is 2.26. The Morgan fingerprint density at radius 3 is 2.70 bits per heavy atom. The molecule has 3 atom stereocenters. The van der Waals surface area contributed by atoms with Crippen LogP contribution in [0.4, 0.5) is 4.79 Å². The highest BCUT2D eigenvalue weighted by molar-refractivity contribution is 7.99. The van der Waals surface area contributed by atoms with Crippen molar-refractivity contribution in [3.8, 4) is 0 Å². The lowest BCUT2D eigenvalue weighted by molar-refractivity contribution is 0.230. The van der Waals surface area contributed by atoms with Crippen LogP contribution >= 0.6 is 11.8 Å². The topological polar surface area (TPSA) is 59.0 Å². The zero-order chi connectivity index (χ0) is 17.0. The number of rotatable bonds is 5. The first-order valence-electron chi connectivity index (χ1n) is 8.51. The minimum Gasteiger partial charge on any atom is -0.335 e. The van der Waals surface area contributed by atoms with Gasteiger partial charge in [-0.25, -0.2) is 4.79 Å². The predicted molar refractivity (Wildman–Crippen MR) is 97.1 cm³/mol. The summed E-state index contributed by atoms with van der Waals surface area (Å²) in [5.74, 6) is 0. The molecule has 6 heteroatoms. The third-order valence-corrected chi connectivity index (χ3v) is 6.04. The number of nitrogens with one attached hydrogen (secondary N) is 2. The molecule has 2 amide bonds. The van der Waals surface area contributed by atoms with Crippen molar-refractivity contribution < 1.29 is 4.79 Å². The minimum absolute atomic E-state index is 0.0392. The van der Waals surface area contributed by atoms with Crippen LogP contribution in [0.2, 0.25) is 0 Å². The van der Waals surface area contributed by atoms with E-state index in [-0.39, 0.29) is 12.1 Å². The average Bonchev–Trinajstić information content (AvgIpc) is 2.74. The van der Waals surface area contributed by atoms with Crippen molar-refractivity contribution in [1.29, 1.82) is 0 Å². The maximum absolute atomic E-state index is 12.3. The van der Waals surface area contributed by atoms with E-state index in [0.29, 0.717) is 11.3 Å². The quantitative estimate of drug-likeness (QED) is 0.868. The lowest BCUT2D eigenvalue weighted by atomic mass is 9.95. The summed E-state index contributed by atoms with van der Waals surface area (Å²) in [5.41, 5.74) is 3.46. The van der Waals surface area contributed by atoms with Gasteiger partial charge in [-0.05, 0) is 51.9 Å². The van der Waals surface area contributed by atoms with Gasteiger partial charge in [0.15, 0.2) is 0 Å². The minimum atomic E-state index is -0.0392. The van der Waals surface area contributed by atoms with Crippen LogP contribution in [-0.2, 0) is 13.5 Å². The molecular formula is C17H30N4OS. The third-order valence-electron chi connectivity index (χ3n) is 4.87. The SMILES string of the molecule is CS[C@@H]1CCCC[C@H]1NC(=O)N[C@H](C)Cc1c(C)nn(C)c1C. The smallest absolute Gasteiger partial charge is 0.315 e. The zero-order valence-corrected chi connectivity index (χ0v) is 15.8. The van der Waals surface area contributed by atoms with Crippen molar-refractivity contribution in [2.45, 2.75) is 70.2 Å². The molecule has 0 spiro atoms. The third kappa shape index (κ3) is 4.66. The second-order valence-electron chi connectivity index (χ2n) is 6.66. The van der Waals surface area contributed by atoms with Gasteiger partial charge in [0.25, 0.3) is 0 Å². The summed E-state index contributed by atoms with van der Waals surface area (Å²) in [7, 11) is 1.96. The van der Waals surface area contributed by atoms with Gasteiger partial charge in [0.2, 0.25) is 0 Å². The standard InChI is InChI=1S/C17H30N4OS/c1-11(10-14-12(2)20-21(4)13(14)3)18-17(22)19-15-8-6-7-9-16(15)23-5/h11,15-16H,6-10H2,1-5H3,(H2,18,19,22)/t11-,15-,16-/m1/s1. The molecule has 1 saturated carbocycles. The molecule has 23 heavy (non-hydrogen) atoms. The molecule has 0 aliphatic heterocycles. The van der Waals surface area contributed by atoms with E-state index in [9.17, 15) is 4.79 Å². The number of amides is 2. The van der Waals surface area contributed by atoms with Crippen LogP contribution in [-0.4, -0.2) is 39.4 Å². The van der Waals surface area contributed by atoms with E-state index in [1.54, 1.807) is 0 Å². The number of aryl methyl sites for hydroxylation is 2. The largest absolute Gasteiger partial charge is 0.335 e. The summed E-state index contributed by atoms with van der Waals surface area (Å²) in [5, 5.41) is 11.3. The van der Waals surface area contributed by atoms with Crippen molar-refractivity contribution in [2.24, 2.45) is 7.05 Å². The summed E-state index contributed by atoms with van der Waals surface area (Å²) in [4.78, 5) is 12.3. The normalized spacial score (nSPS) is 22.7. The molecule has 0 unspecified atom stereocenters. The van der Waals surface area contributed by atoms with Crippen molar-refractivity contribution in [3.63, 3.8) is 0 Å². The monoisotopic (exact) mass is 338 g/mol. The maximum atomic E-state index is 12.3. The first kappa shape index (κ1) is 18.2. The van der Waals surface area contributed by atoms with Gasteiger partial charge in [0.1, 0.15) is 0 Å². The molecule has 0 bridgehead atoms. The Morgan fingerprint density at radius 1 is 1.39 bits per heavy atom. The summed E-state index contributed by atoms with van der Waals surface area (Å²) >= 11 is 1.87. The zero-order valence-electron chi connectivity index (χ0n) is 15.0. The van der Waals surface area contributed by atoms with Crippen LogP contribution in [0.3, 0.4) is 0 Å². The fraction of sp³-hybridized carbons (Fsp3) is 0.765. The molecule has 2 rings (SSSR count). The van der Waals surface area contributed by atoms with Crippen LogP contribution in [0, 0.1) is 13.8 Å². The van der Waals surface area contributed by atoms with Crippen LogP contribution in [0.5, 0.6) is 0 Å². The molecule has 1 aliphatic carbocycles. The van der Waals surface area contributed by atoms with E-state index < -0.39 is 0 Å². The van der Waals surface area contributed by atoms with Gasteiger partial charge in [0.05, 0.1) is 5.69 Å². The molecule has 5 nitrogen and oxygen atoms in total. The molecular weight excluding hydrogens is 308 g/mol. The van der Waals surface area contributed by atoms with E-state index in [1.165, 1.54) is 30.5 Å². The summed E-state index contributed by atoms with van der Waals surface area (Å²) < 4.78 is 1.91. The van der Waals surface area contributed by atoms with E-state index >= 15 is 0 Å². The fourth-order valence-electron chi connectivity index (χ4n) is 3.45. The number of aromatic nitrogens is 2. The van der Waals surface area contributed by atoms with Crippen molar-refractivity contribution in [2.75, 3.05) is 6.26 Å². The Kier molecular flexibility index (Phi) is 6.39. The first-order chi connectivity index (χ1) is 10.9. The number of carbonyl (C=O) groups is 1. The highest BCUT2D eigenvalue weighted by Crippen LogP contribution is 2.27. The molecule has 0 radical (unpaired) electrons. The second kappa shape index (κ2) is 8.08. The Hall–Kier alpha value is -1.17. The number of nitrogens with zero attached hydrogens (tertiary/aromatic N) is 2. The van der Waals surface area contributed by atoms with E-state index in [1.807, 2.05) is 30.4 Å². The van der Waals surface area contributed by atoms with Gasteiger partial charge in [-0.2, -0.15) is 16.9 Å². The number of thioether (sulfide) groups is 1. The molecule has 0 aromatic carbocycles. The van der Waals surface area contributed by atoms with Crippen LogP contribution < -0.4 is 10.6 Å². The van der Waals surface area contributed by atoms with Gasteiger partial charge in [-0.15, -0.1) is 0 Å². The summed E-state index contributed by atoms with van der Waals surface area (Å²) in [6.07, 6.45) is 7.74. The second-order valence-corrected chi connectivity index (χ2v) is 7.74. The van der Waals surface area contributed by atoms with Crippen molar-refractivity contribution in [1.82, 2.24) is 20.4 Å². The summed E-state index contributed by atoms with van der Waals surface area (Å²) in [6.45, 7) is 6.16. The van der Waals surface area contributed by atoms with Gasteiger partial charge in [-0.1, -0.05) is 12.8 Å². The van der Waals surface area contributed by atoms with Gasteiger partial charge < -0.3 is 10.6 Å². The number of urea groups is 1. The lowest BCUT2D eigenvalue weighted by Crippen LogP contribution is -2.50. The van der Waals surface area contributed by atoms with E-state index in [0.717, 1.165) is 18.5 Å². The van der Waals surface area contributed by atoms with Gasteiger partial charge in [-0.3, -0.25) is 4.68 Å². The Morgan fingerprint density at radius 2 is 2.09 bits per heavy atom. The van der Waals surface area contributed by atoms with Crippen molar-refractivity contribution in [3.05, 3.63) is 17.0 Å². The Labute approximate surface area is 144 Å². The molecule has 1 aromatic heterocycles. The van der Waals surface area contributed by atoms with Crippen LogP contribution in [0.15, 0.2) is 0 Å². The molecule has 1 fully saturated rings. The predicted octanol–water partition coefficient (Wildman–Crippen LogP) is 2.94. The molecule has 1 aromatic rings. The molecule has 2 N–H and O–H groups in total.